The summed E-state index contributed by atoms with van der Waals surface area (Å²) in [6.45, 7) is 3.88. The van der Waals surface area contributed by atoms with E-state index >= 15 is 0 Å². The van der Waals surface area contributed by atoms with E-state index in [9.17, 15) is 9.18 Å². The average molecular weight is 425 g/mol. The lowest BCUT2D eigenvalue weighted by atomic mass is 10.2. The second-order valence-electron chi connectivity index (χ2n) is 6.63. The van der Waals surface area contributed by atoms with Crippen molar-refractivity contribution in [3.8, 4) is 5.69 Å². The van der Waals surface area contributed by atoms with Gasteiger partial charge in [0.1, 0.15) is 28.4 Å². The van der Waals surface area contributed by atoms with Crippen LogP contribution >= 0.6 is 11.6 Å². The summed E-state index contributed by atoms with van der Waals surface area (Å²) in [5.41, 5.74) is 7.66. The molecule has 0 unspecified atom stereocenters. The standard InChI is InChI=1S/C21H18ClFN6O/c1-3-14(25-18-17(22)21(30)28(2)27-19(18)24)20-26-15-10-9-12(23)11-16(15)29(20)13-7-5-4-6-8-13/h3-11,14,25H,1H2,2H3,(H2,24,27)/t14-/m0/s1. The number of aromatic nitrogens is 4. The second-order valence-corrected chi connectivity index (χ2v) is 7.01. The van der Waals surface area contributed by atoms with E-state index in [4.69, 9.17) is 17.3 Å². The lowest BCUT2D eigenvalue weighted by molar-refractivity contribution is 0.629. The van der Waals surface area contributed by atoms with E-state index in [0.717, 1.165) is 10.4 Å². The maximum Gasteiger partial charge on any atom is 0.287 e. The molecule has 0 spiro atoms. The molecule has 2 aromatic heterocycles. The molecule has 152 valence electrons. The molecule has 0 fully saturated rings. The van der Waals surface area contributed by atoms with Gasteiger partial charge in [0, 0.05) is 18.8 Å². The first-order valence-electron chi connectivity index (χ1n) is 9.05. The molecule has 9 heteroatoms. The van der Waals surface area contributed by atoms with Crippen molar-refractivity contribution in [2.75, 3.05) is 11.1 Å². The minimum Gasteiger partial charge on any atom is -0.380 e. The van der Waals surface area contributed by atoms with Gasteiger partial charge in [0.2, 0.25) is 0 Å². The Bertz CT molecular complexity index is 1310. The second kappa shape index (κ2) is 7.64. The molecular weight excluding hydrogens is 407 g/mol. The number of imidazole rings is 1. The Morgan fingerprint density at radius 1 is 1.27 bits per heavy atom. The number of nitrogens with two attached hydrogens (primary N) is 1. The van der Waals surface area contributed by atoms with Crippen molar-refractivity contribution < 1.29 is 4.39 Å². The topological polar surface area (TPSA) is 90.8 Å². The van der Waals surface area contributed by atoms with Crippen LogP contribution in [-0.4, -0.2) is 19.3 Å². The molecule has 3 N–H and O–H groups in total. The van der Waals surface area contributed by atoms with Crippen molar-refractivity contribution in [3.05, 3.63) is 88.2 Å². The summed E-state index contributed by atoms with van der Waals surface area (Å²) < 4.78 is 16.9. The van der Waals surface area contributed by atoms with Crippen molar-refractivity contribution in [1.29, 1.82) is 0 Å². The normalized spacial score (nSPS) is 12.1. The number of hydrogen-bond acceptors (Lipinski definition) is 5. The van der Waals surface area contributed by atoms with Crippen molar-refractivity contribution in [1.82, 2.24) is 19.3 Å². The number of nitrogens with one attached hydrogen (secondary N) is 1. The van der Waals surface area contributed by atoms with Gasteiger partial charge in [0.05, 0.1) is 11.0 Å². The van der Waals surface area contributed by atoms with E-state index in [0.29, 0.717) is 16.9 Å². The van der Waals surface area contributed by atoms with Crippen molar-refractivity contribution in [3.63, 3.8) is 0 Å². The predicted molar refractivity (Wildman–Crippen MR) is 116 cm³/mol. The zero-order chi connectivity index (χ0) is 21.4. The third-order valence-corrected chi connectivity index (χ3v) is 5.04. The number of anilines is 2. The number of nitrogens with zero attached hydrogens (tertiary/aromatic N) is 4. The van der Waals surface area contributed by atoms with E-state index in [1.165, 1.54) is 19.2 Å². The van der Waals surface area contributed by atoms with Gasteiger partial charge >= 0.3 is 0 Å². The summed E-state index contributed by atoms with van der Waals surface area (Å²) in [7, 11) is 1.46. The van der Waals surface area contributed by atoms with Crippen LogP contribution in [-0.2, 0) is 7.05 Å². The SMILES string of the molecule is C=C[C@H](Nc1c(N)nn(C)c(=O)c1Cl)c1nc2ccc(F)cc2n1-c1ccccc1. The highest BCUT2D eigenvalue weighted by atomic mass is 35.5. The Hall–Kier alpha value is -3.65. The number of aryl methyl sites for hydroxylation is 1. The maximum absolute atomic E-state index is 14.0. The van der Waals surface area contributed by atoms with Gasteiger partial charge in [-0.2, -0.15) is 5.10 Å². The average Bonchev–Trinajstić information content (AvgIpc) is 3.11. The zero-order valence-corrected chi connectivity index (χ0v) is 16.8. The van der Waals surface area contributed by atoms with Crippen molar-refractivity contribution >= 4 is 34.1 Å². The summed E-state index contributed by atoms with van der Waals surface area (Å²) >= 11 is 6.22. The highest BCUT2D eigenvalue weighted by Gasteiger charge is 2.22. The van der Waals surface area contributed by atoms with Crippen molar-refractivity contribution in [2.45, 2.75) is 6.04 Å². The predicted octanol–water partition coefficient (Wildman–Crippen LogP) is 3.83. The third-order valence-electron chi connectivity index (χ3n) is 4.69. The van der Waals surface area contributed by atoms with Crippen LogP contribution in [0.1, 0.15) is 11.9 Å². The van der Waals surface area contributed by atoms with Crippen LogP contribution in [0, 0.1) is 5.82 Å². The molecule has 1 atom stereocenters. The number of fused-ring (bicyclic) bond motifs is 1. The number of halogens is 2. The molecule has 7 nitrogen and oxygen atoms in total. The molecule has 0 amide bonds. The van der Waals surface area contributed by atoms with Gasteiger partial charge in [-0.3, -0.25) is 9.36 Å². The maximum atomic E-state index is 14.0. The van der Waals surface area contributed by atoms with Gasteiger partial charge in [-0.05, 0) is 24.3 Å². The van der Waals surface area contributed by atoms with Crippen LogP contribution in [0.25, 0.3) is 16.7 Å². The molecule has 0 saturated carbocycles. The zero-order valence-electron chi connectivity index (χ0n) is 16.0. The fourth-order valence-electron chi connectivity index (χ4n) is 3.26. The highest BCUT2D eigenvalue weighted by Crippen LogP contribution is 2.31. The summed E-state index contributed by atoms with van der Waals surface area (Å²) in [6.07, 6.45) is 1.60. The molecule has 4 rings (SSSR count). The van der Waals surface area contributed by atoms with Crippen LogP contribution in [0.4, 0.5) is 15.9 Å². The molecule has 0 aliphatic heterocycles. The van der Waals surface area contributed by atoms with Gasteiger partial charge in [-0.1, -0.05) is 35.9 Å². The van der Waals surface area contributed by atoms with Crippen LogP contribution in [0.15, 0.2) is 66.0 Å². The van der Waals surface area contributed by atoms with Crippen LogP contribution in [0.5, 0.6) is 0 Å². The fourth-order valence-corrected chi connectivity index (χ4v) is 3.54. The summed E-state index contributed by atoms with van der Waals surface area (Å²) in [6, 6.07) is 13.2. The van der Waals surface area contributed by atoms with Gasteiger partial charge in [-0.25, -0.2) is 14.1 Å². The summed E-state index contributed by atoms with van der Waals surface area (Å²) in [5.74, 6) is 0.201. The largest absolute Gasteiger partial charge is 0.380 e. The lowest BCUT2D eigenvalue weighted by Gasteiger charge is -2.19. The summed E-state index contributed by atoms with van der Waals surface area (Å²) in [5, 5.41) is 6.99. The van der Waals surface area contributed by atoms with Gasteiger partial charge in [0.15, 0.2) is 5.82 Å². The van der Waals surface area contributed by atoms with E-state index in [1.807, 2.05) is 34.9 Å². The number of hydrogen-bond donors (Lipinski definition) is 2. The molecule has 0 bridgehead atoms. The molecule has 0 aliphatic rings. The Kier molecular flexibility index (Phi) is 5.01. The first-order valence-corrected chi connectivity index (χ1v) is 9.43. The smallest absolute Gasteiger partial charge is 0.287 e. The molecule has 0 aliphatic carbocycles. The van der Waals surface area contributed by atoms with Gasteiger partial charge in [0.25, 0.3) is 5.56 Å². The molecule has 4 aromatic rings. The minimum atomic E-state index is -0.602. The van der Waals surface area contributed by atoms with Crippen LogP contribution in [0.3, 0.4) is 0 Å². The number of rotatable bonds is 5. The van der Waals surface area contributed by atoms with Gasteiger partial charge in [-0.15, -0.1) is 6.58 Å². The Labute approximate surface area is 176 Å². The van der Waals surface area contributed by atoms with Crippen LogP contribution < -0.4 is 16.6 Å². The molecule has 2 heterocycles. The lowest BCUT2D eigenvalue weighted by Crippen LogP contribution is -2.24. The van der Waals surface area contributed by atoms with E-state index in [-0.39, 0.29) is 22.3 Å². The van der Waals surface area contributed by atoms with E-state index in [2.05, 4.69) is 22.0 Å². The third kappa shape index (κ3) is 3.31. The Morgan fingerprint density at radius 3 is 2.70 bits per heavy atom. The Balaban J connectivity index is 1.91. The number of nitrogen functional groups attached to an aromatic ring is 1. The molecule has 0 radical (unpaired) electrons. The molecular formula is C21H18ClFN6O. The first-order chi connectivity index (χ1) is 14.4. The van der Waals surface area contributed by atoms with E-state index < -0.39 is 11.6 Å². The van der Waals surface area contributed by atoms with Gasteiger partial charge < -0.3 is 11.1 Å². The molecule has 30 heavy (non-hydrogen) atoms. The number of para-hydroxylation sites is 1. The monoisotopic (exact) mass is 424 g/mol. The fraction of sp³-hybridized carbons (Fsp3) is 0.0952. The first kappa shape index (κ1) is 19.7. The molecule has 0 saturated heterocycles. The highest BCUT2D eigenvalue weighted by molar-refractivity contribution is 6.33. The summed E-state index contributed by atoms with van der Waals surface area (Å²) in [4.78, 5) is 16.9. The minimum absolute atomic E-state index is 0.0577. The van der Waals surface area contributed by atoms with E-state index in [1.54, 1.807) is 12.1 Å². The van der Waals surface area contributed by atoms with Crippen LogP contribution in [0.2, 0.25) is 5.02 Å². The number of benzene rings is 2. The Morgan fingerprint density at radius 2 is 2.00 bits per heavy atom. The van der Waals surface area contributed by atoms with Crippen molar-refractivity contribution in [2.24, 2.45) is 7.05 Å². The quantitative estimate of drug-likeness (QED) is 0.475. The molecule has 2 aromatic carbocycles.